The lowest BCUT2D eigenvalue weighted by atomic mass is 10.0. The molecule has 2 aliphatic heterocycles. The van der Waals surface area contributed by atoms with E-state index < -0.39 is 0 Å². The second-order valence-electron chi connectivity index (χ2n) is 13.1. The molecule has 3 aromatic heterocycles. The molecule has 4 aliphatic rings. The summed E-state index contributed by atoms with van der Waals surface area (Å²) in [7, 11) is 1.68. The molecule has 3 fully saturated rings. The number of methoxy groups -OCH3 is 1. The van der Waals surface area contributed by atoms with Crippen LogP contribution in [-0.4, -0.2) is 58.2 Å². The SMILES string of the molecule is COc1cc(C(=O)N2CC3CCC2[C@@H]3N)cc2sc(-c3cc4ccc(-c5ccc6c(c5)C(=O)N=C6)nc4n3CC3CC3)c(C)c12. The molecule has 2 aromatic carbocycles. The Morgan fingerprint density at radius 2 is 1.96 bits per heavy atom. The Morgan fingerprint density at radius 3 is 2.71 bits per heavy atom. The van der Waals surface area contributed by atoms with Gasteiger partial charge in [-0.25, -0.2) is 9.98 Å². The van der Waals surface area contributed by atoms with E-state index in [1.165, 1.54) is 12.8 Å². The van der Waals surface area contributed by atoms with Crippen molar-refractivity contribution < 1.29 is 14.3 Å². The van der Waals surface area contributed by atoms with E-state index in [0.717, 1.165) is 85.8 Å². The van der Waals surface area contributed by atoms with Crippen LogP contribution in [0.25, 0.3) is 42.9 Å². The summed E-state index contributed by atoms with van der Waals surface area (Å²) in [5.41, 5.74) is 13.5. The van der Waals surface area contributed by atoms with Crippen LogP contribution in [0, 0.1) is 18.8 Å². The first kappa shape index (κ1) is 27.0. The number of fused-ring (bicyclic) bond motifs is 5. The minimum Gasteiger partial charge on any atom is -0.496 e. The Balaban J connectivity index is 1.15. The van der Waals surface area contributed by atoms with Crippen LogP contribution in [0.2, 0.25) is 0 Å². The van der Waals surface area contributed by atoms with Gasteiger partial charge in [0.05, 0.1) is 28.9 Å². The van der Waals surface area contributed by atoms with Crippen molar-refractivity contribution in [2.75, 3.05) is 13.7 Å². The lowest BCUT2D eigenvalue weighted by Crippen LogP contribution is -2.41. The van der Waals surface area contributed by atoms with Crippen LogP contribution in [0.1, 0.15) is 57.5 Å². The van der Waals surface area contributed by atoms with Crippen molar-refractivity contribution in [3.8, 4) is 27.6 Å². The standard InChI is InChI=1S/C36H33N5O3S/c1-18-31-29(44-2)13-24(36(43)41-17-23-8-10-27(41)32(23)37)14-30(31)45-33(18)28-12-21-7-9-26(39-34(21)40(28)16-19-3-4-19)20-5-6-22-15-38-35(42)25(22)11-20/h5-7,9,11-15,19,23,27,32H,3-4,8,10,16-17,37H2,1-2H3/t23?,27?,32-/m1/s1. The molecule has 2 aliphatic carbocycles. The highest BCUT2D eigenvalue weighted by atomic mass is 32.1. The Kier molecular flexibility index (Phi) is 5.90. The number of nitrogens with zero attached hydrogens (tertiary/aromatic N) is 4. The van der Waals surface area contributed by atoms with Crippen molar-refractivity contribution in [2.45, 2.75) is 51.2 Å². The second kappa shape index (κ2) is 9.83. The van der Waals surface area contributed by atoms with Crippen LogP contribution in [0.5, 0.6) is 5.75 Å². The van der Waals surface area contributed by atoms with Crippen LogP contribution in [0.4, 0.5) is 0 Å². The number of thiophene rings is 1. The molecule has 45 heavy (non-hydrogen) atoms. The maximum atomic E-state index is 13.8. The number of carbonyl (C=O) groups is 2. The number of amides is 2. The van der Waals surface area contributed by atoms with E-state index in [4.69, 9.17) is 15.5 Å². The lowest BCUT2D eigenvalue weighted by Gasteiger charge is -2.27. The van der Waals surface area contributed by atoms with Crippen LogP contribution >= 0.6 is 11.3 Å². The van der Waals surface area contributed by atoms with Crippen molar-refractivity contribution in [3.05, 3.63) is 70.8 Å². The molecule has 226 valence electrons. The van der Waals surface area contributed by atoms with Gasteiger partial charge in [-0.05, 0) is 86.4 Å². The monoisotopic (exact) mass is 615 g/mol. The number of aromatic nitrogens is 2. The number of nitrogens with two attached hydrogens (primary N) is 1. The first-order valence-corrected chi connectivity index (χ1v) is 16.6. The fourth-order valence-electron chi connectivity index (χ4n) is 7.75. The minimum absolute atomic E-state index is 0.0462. The molecule has 2 saturated carbocycles. The summed E-state index contributed by atoms with van der Waals surface area (Å²) in [6.07, 6.45) is 6.16. The maximum Gasteiger partial charge on any atom is 0.277 e. The van der Waals surface area contributed by atoms with E-state index >= 15 is 0 Å². The van der Waals surface area contributed by atoms with Gasteiger partial charge in [0.1, 0.15) is 11.4 Å². The molecule has 2 amide bonds. The summed E-state index contributed by atoms with van der Waals surface area (Å²) in [6, 6.07) is 16.4. The summed E-state index contributed by atoms with van der Waals surface area (Å²) in [6.45, 7) is 3.79. The summed E-state index contributed by atoms with van der Waals surface area (Å²) in [4.78, 5) is 38.3. The smallest absolute Gasteiger partial charge is 0.277 e. The molecule has 5 aromatic rings. The molecule has 9 rings (SSSR count). The molecule has 2 bridgehead atoms. The van der Waals surface area contributed by atoms with Gasteiger partial charge >= 0.3 is 0 Å². The van der Waals surface area contributed by atoms with Crippen molar-refractivity contribution in [1.82, 2.24) is 14.5 Å². The van der Waals surface area contributed by atoms with Gasteiger partial charge in [-0.2, -0.15) is 0 Å². The van der Waals surface area contributed by atoms with E-state index in [-0.39, 0.29) is 23.9 Å². The third-order valence-corrected chi connectivity index (χ3v) is 11.7. The fourth-order valence-corrected chi connectivity index (χ4v) is 9.04. The highest BCUT2D eigenvalue weighted by Gasteiger charge is 2.47. The van der Waals surface area contributed by atoms with Crippen LogP contribution in [0.3, 0.4) is 0 Å². The Bertz CT molecular complexity index is 2120. The number of aryl methyl sites for hydroxylation is 1. The Hall–Kier alpha value is -4.34. The van der Waals surface area contributed by atoms with Crippen molar-refractivity contribution >= 4 is 50.5 Å². The average molecular weight is 616 g/mol. The van der Waals surface area contributed by atoms with Gasteiger partial charge < -0.3 is 19.9 Å². The number of aliphatic imine (C=N–C) groups is 1. The summed E-state index contributed by atoms with van der Waals surface area (Å²) >= 11 is 1.71. The molecule has 8 nitrogen and oxygen atoms in total. The topological polar surface area (TPSA) is 103 Å². The number of pyridine rings is 1. The molecule has 5 heterocycles. The largest absolute Gasteiger partial charge is 0.496 e. The molecule has 2 unspecified atom stereocenters. The minimum atomic E-state index is -0.205. The zero-order valence-electron chi connectivity index (χ0n) is 25.2. The summed E-state index contributed by atoms with van der Waals surface area (Å²) < 4.78 is 9.34. The van der Waals surface area contributed by atoms with Crippen molar-refractivity contribution in [2.24, 2.45) is 22.6 Å². The molecule has 0 spiro atoms. The molecule has 2 N–H and O–H groups in total. The van der Waals surface area contributed by atoms with Gasteiger partial charge in [-0.15, -0.1) is 11.3 Å². The average Bonchev–Trinajstić information content (AvgIpc) is 3.26. The van der Waals surface area contributed by atoms with Crippen LogP contribution in [-0.2, 0) is 6.54 Å². The molecule has 3 atom stereocenters. The van der Waals surface area contributed by atoms with Crippen LogP contribution < -0.4 is 10.5 Å². The van der Waals surface area contributed by atoms with Gasteiger partial charge in [0.2, 0.25) is 0 Å². The Morgan fingerprint density at radius 1 is 1.09 bits per heavy atom. The zero-order valence-corrected chi connectivity index (χ0v) is 26.1. The van der Waals surface area contributed by atoms with E-state index in [0.29, 0.717) is 23.0 Å². The highest BCUT2D eigenvalue weighted by Crippen LogP contribution is 2.46. The molecular weight excluding hydrogens is 582 g/mol. The number of piperidine rings is 1. The number of benzene rings is 2. The summed E-state index contributed by atoms with van der Waals surface area (Å²) in [5, 5.41) is 2.13. The second-order valence-corrected chi connectivity index (χ2v) is 14.2. The van der Waals surface area contributed by atoms with Gasteiger partial charge in [-0.3, -0.25) is 9.59 Å². The molecular formula is C36H33N5O3S. The number of hydrogen-bond donors (Lipinski definition) is 1. The van der Waals surface area contributed by atoms with Gasteiger partial charge in [0.25, 0.3) is 11.8 Å². The van der Waals surface area contributed by atoms with Gasteiger partial charge in [0, 0.05) is 63.6 Å². The predicted molar refractivity (Wildman–Crippen MR) is 177 cm³/mol. The van der Waals surface area contributed by atoms with Gasteiger partial charge in [-0.1, -0.05) is 12.1 Å². The molecule has 1 saturated heterocycles. The highest BCUT2D eigenvalue weighted by molar-refractivity contribution is 7.22. The number of rotatable bonds is 6. The maximum absolute atomic E-state index is 13.8. The Labute approximate surface area is 264 Å². The van der Waals surface area contributed by atoms with E-state index in [2.05, 4.69) is 28.6 Å². The third kappa shape index (κ3) is 4.13. The molecule has 0 radical (unpaired) electrons. The van der Waals surface area contributed by atoms with Crippen LogP contribution in [0.15, 0.2) is 53.5 Å². The first-order chi connectivity index (χ1) is 21.9. The first-order valence-electron chi connectivity index (χ1n) is 15.8. The number of likely N-dealkylation sites (tertiary alicyclic amines) is 1. The number of hydrogen-bond acceptors (Lipinski definition) is 6. The van der Waals surface area contributed by atoms with Gasteiger partial charge in [0.15, 0.2) is 0 Å². The predicted octanol–water partition coefficient (Wildman–Crippen LogP) is 6.45. The number of ether oxygens (including phenoxy) is 1. The fraction of sp³-hybridized carbons (Fsp3) is 0.333. The van der Waals surface area contributed by atoms with E-state index in [9.17, 15) is 9.59 Å². The normalized spacial score (nSPS) is 21.9. The third-order valence-electron chi connectivity index (χ3n) is 10.4. The molecule has 9 heteroatoms. The van der Waals surface area contributed by atoms with E-state index in [1.54, 1.807) is 24.7 Å². The quantitative estimate of drug-likeness (QED) is 0.237. The lowest BCUT2D eigenvalue weighted by molar-refractivity contribution is 0.0700. The van der Waals surface area contributed by atoms with Crippen molar-refractivity contribution in [3.63, 3.8) is 0 Å². The zero-order chi connectivity index (χ0) is 30.6. The number of carbonyl (C=O) groups excluding carboxylic acids is 2. The van der Waals surface area contributed by atoms with Crippen molar-refractivity contribution in [1.29, 1.82) is 0 Å². The van der Waals surface area contributed by atoms with E-state index in [1.807, 2.05) is 41.3 Å². The summed E-state index contributed by atoms with van der Waals surface area (Å²) in [5.74, 6) is 1.61.